The van der Waals surface area contributed by atoms with Gasteiger partial charge in [-0.3, -0.25) is 4.79 Å². The van der Waals surface area contributed by atoms with Crippen molar-refractivity contribution in [1.82, 2.24) is 4.98 Å². The molecule has 0 saturated carbocycles. The van der Waals surface area contributed by atoms with E-state index in [9.17, 15) is 9.59 Å². The number of ether oxygens (including phenoxy) is 1. The normalized spacial score (nSPS) is 10.1. The fourth-order valence-corrected chi connectivity index (χ4v) is 1.07. The summed E-state index contributed by atoms with van der Waals surface area (Å²) in [5.74, 6) is -1.10. The fourth-order valence-electron chi connectivity index (χ4n) is 1.07. The van der Waals surface area contributed by atoms with Gasteiger partial charge in [0, 0.05) is 25.3 Å². The first-order chi connectivity index (χ1) is 6.63. The monoisotopic (exact) mass is 197 g/mol. The van der Waals surface area contributed by atoms with Gasteiger partial charge in [-0.1, -0.05) is 0 Å². The van der Waals surface area contributed by atoms with Crippen molar-refractivity contribution >= 4 is 5.97 Å². The second-order valence-corrected chi connectivity index (χ2v) is 2.81. The summed E-state index contributed by atoms with van der Waals surface area (Å²) in [4.78, 5) is 24.2. The number of hydrogen-bond donors (Lipinski definition) is 2. The van der Waals surface area contributed by atoms with Crippen LogP contribution in [0.4, 0.5) is 0 Å². The van der Waals surface area contributed by atoms with Crippen molar-refractivity contribution in [3.05, 3.63) is 33.7 Å². The molecular weight excluding hydrogens is 186 g/mol. The molecule has 76 valence electrons. The van der Waals surface area contributed by atoms with Gasteiger partial charge >= 0.3 is 5.97 Å². The summed E-state index contributed by atoms with van der Waals surface area (Å²) in [5, 5.41) is 8.68. The summed E-state index contributed by atoms with van der Waals surface area (Å²) in [5.41, 5.74) is 0.160. The van der Waals surface area contributed by atoms with E-state index < -0.39 is 11.5 Å². The van der Waals surface area contributed by atoms with Gasteiger partial charge in [-0.15, -0.1) is 0 Å². The number of aromatic nitrogens is 1. The molecule has 0 aromatic carbocycles. The Kier molecular flexibility index (Phi) is 3.41. The predicted octanol–water partition coefficient (Wildman–Crippen LogP) is 0.262. The Balaban J connectivity index is 2.95. The Bertz CT molecular complexity index is 383. The molecule has 2 N–H and O–H groups in total. The van der Waals surface area contributed by atoms with Gasteiger partial charge in [-0.2, -0.15) is 0 Å². The van der Waals surface area contributed by atoms with E-state index in [0.717, 1.165) is 6.07 Å². The zero-order valence-electron chi connectivity index (χ0n) is 7.74. The van der Waals surface area contributed by atoms with Gasteiger partial charge in [-0.05, 0) is 6.07 Å². The molecule has 0 fully saturated rings. The van der Waals surface area contributed by atoms with Crippen LogP contribution >= 0.6 is 0 Å². The van der Waals surface area contributed by atoms with Gasteiger partial charge < -0.3 is 14.8 Å². The van der Waals surface area contributed by atoms with Crippen LogP contribution in [-0.2, 0) is 11.2 Å². The minimum absolute atomic E-state index is 0.000136. The number of nitrogens with one attached hydrogen (secondary N) is 1. The number of carboxylic acids is 1. The third-order valence-corrected chi connectivity index (χ3v) is 1.72. The zero-order valence-corrected chi connectivity index (χ0v) is 7.74. The lowest BCUT2D eigenvalue weighted by Crippen LogP contribution is -2.13. The SMILES string of the molecule is COCCc1cc(C(=O)O)cc(=O)[nH]1. The number of carboxylic acid groups (broad SMARTS) is 1. The number of H-pyrrole nitrogens is 1. The molecule has 0 unspecified atom stereocenters. The molecule has 0 bridgehead atoms. The lowest BCUT2D eigenvalue weighted by Gasteiger charge is -2.01. The zero-order chi connectivity index (χ0) is 10.6. The average molecular weight is 197 g/mol. The van der Waals surface area contributed by atoms with Crippen molar-refractivity contribution in [1.29, 1.82) is 0 Å². The highest BCUT2D eigenvalue weighted by atomic mass is 16.5. The summed E-state index contributed by atoms with van der Waals surface area (Å²) in [6.45, 7) is 0.443. The van der Waals surface area contributed by atoms with Crippen molar-refractivity contribution in [3.8, 4) is 0 Å². The molecule has 0 spiro atoms. The van der Waals surface area contributed by atoms with E-state index in [0.29, 0.717) is 18.7 Å². The Morgan fingerprint density at radius 3 is 2.86 bits per heavy atom. The van der Waals surface area contributed by atoms with Crippen LogP contribution in [0.15, 0.2) is 16.9 Å². The van der Waals surface area contributed by atoms with Gasteiger partial charge in [0.2, 0.25) is 5.56 Å². The molecule has 0 aliphatic heterocycles. The minimum atomic E-state index is -1.10. The minimum Gasteiger partial charge on any atom is -0.478 e. The van der Waals surface area contributed by atoms with E-state index >= 15 is 0 Å². The van der Waals surface area contributed by atoms with E-state index in [-0.39, 0.29) is 5.56 Å². The first-order valence-electron chi connectivity index (χ1n) is 4.09. The van der Waals surface area contributed by atoms with Crippen molar-refractivity contribution in [2.45, 2.75) is 6.42 Å². The van der Waals surface area contributed by atoms with E-state index in [4.69, 9.17) is 9.84 Å². The number of carbonyl (C=O) groups is 1. The number of methoxy groups -OCH3 is 1. The molecule has 5 nitrogen and oxygen atoms in total. The first-order valence-corrected chi connectivity index (χ1v) is 4.09. The maximum atomic E-state index is 11.0. The topological polar surface area (TPSA) is 79.4 Å². The number of hydrogen-bond acceptors (Lipinski definition) is 3. The molecule has 1 aromatic rings. The van der Waals surface area contributed by atoms with Gasteiger partial charge in [-0.25, -0.2) is 4.79 Å². The molecule has 0 aliphatic rings. The van der Waals surface area contributed by atoms with E-state index in [1.807, 2.05) is 0 Å². The van der Waals surface area contributed by atoms with Crippen LogP contribution in [-0.4, -0.2) is 29.8 Å². The van der Waals surface area contributed by atoms with E-state index in [1.165, 1.54) is 6.07 Å². The van der Waals surface area contributed by atoms with E-state index in [2.05, 4.69) is 4.98 Å². The molecule has 0 saturated heterocycles. The Hall–Kier alpha value is -1.62. The summed E-state index contributed by atoms with van der Waals surface area (Å²) in [6.07, 6.45) is 0.493. The smallest absolute Gasteiger partial charge is 0.335 e. The lowest BCUT2D eigenvalue weighted by molar-refractivity contribution is 0.0696. The van der Waals surface area contributed by atoms with Crippen molar-refractivity contribution in [3.63, 3.8) is 0 Å². The van der Waals surface area contributed by atoms with Crippen molar-refractivity contribution in [2.24, 2.45) is 0 Å². The van der Waals surface area contributed by atoms with Crippen LogP contribution in [0.3, 0.4) is 0 Å². The number of aromatic carboxylic acids is 1. The quantitative estimate of drug-likeness (QED) is 0.725. The Morgan fingerprint density at radius 2 is 2.29 bits per heavy atom. The van der Waals surface area contributed by atoms with Gasteiger partial charge in [0.15, 0.2) is 0 Å². The highest BCUT2D eigenvalue weighted by Crippen LogP contribution is 1.99. The molecule has 1 heterocycles. The molecule has 0 radical (unpaired) electrons. The van der Waals surface area contributed by atoms with Crippen molar-refractivity contribution < 1.29 is 14.6 Å². The molecule has 1 aromatic heterocycles. The van der Waals surface area contributed by atoms with Crippen LogP contribution in [0, 0.1) is 0 Å². The summed E-state index contributed by atoms with van der Waals surface area (Å²) < 4.78 is 4.82. The maximum absolute atomic E-state index is 11.0. The Labute approximate surface area is 80.3 Å². The highest BCUT2D eigenvalue weighted by Gasteiger charge is 2.05. The van der Waals surface area contributed by atoms with Crippen LogP contribution in [0.5, 0.6) is 0 Å². The largest absolute Gasteiger partial charge is 0.478 e. The number of aromatic amines is 1. The van der Waals surface area contributed by atoms with Gasteiger partial charge in [0.05, 0.1) is 12.2 Å². The number of pyridine rings is 1. The van der Waals surface area contributed by atoms with Crippen LogP contribution < -0.4 is 5.56 Å². The molecule has 0 aliphatic carbocycles. The summed E-state index contributed by atoms with van der Waals surface area (Å²) in [6, 6.07) is 2.49. The van der Waals surface area contributed by atoms with Gasteiger partial charge in [0.1, 0.15) is 0 Å². The van der Waals surface area contributed by atoms with Crippen LogP contribution in [0.2, 0.25) is 0 Å². The standard InChI is InChI=1S/C9H11NO4/c1-14-3-2-7-4-6(9(12)13)5-8(11)10-7/h4-5H,2-3H2,1H3,(H,10,11)(H,12,13). The molecule has 1 rings (SSSR count). The fraction of sp³-hybridized carbons (Fsp3) is 0.333. The molecular formula is C9H11NO4. The highest BCUT2D eigenvalue weighted by molar-refractivity contribution is 5.87. The van der Waals surface area contributed by atoms with Crippen LogP contribution in [0.1, 0.15) is 16.1 Å². The maximum Gasteiger partial charge on any atom is 0.335 e. The van der Waals surface area contributed by atoms with Gasteiger partial charge in [0.25, 0.3) is 0 Å². The third-order valence-electron chi connectivity index (χ3n) is 1.72. The van der Waals surface area contributed by atoms with E-state index in [1.54, 1.807) is 7.11 Å². The molecule has 14 heavy (non-hydrogen) atoms. The number of rotatable bonds is 4. The Morgan fingerprint density at radius 1 is 1.57 bits per heavy atom. The lowest BCUT2D eigenvalue weighted by atomic mass is 10.2. The van der Waals surface area contributed by atoms with Crippen molar-refractivity contribution in [2.75, 3.05) is 13.7 Å². The summed E-state index contributed by atoms with van der Waals surface area (Å²) in [7, 11) is 1.54. The van der Waals surface area contributed by atoms with Crippen LogP contribution in [0.25, 0.3) is 0 Å². The second kappa shape index (κ2) is 4.57. The molecule has 0 amide bonds. The second-order valence-electron chi connectivity index (χ2n) is 2.81. The summed E-state index contributed by atoms with van der Waals surface area (Å²) >= 11 is 0. The molecule has 5 heteroatoms. The first kappa shape index (κ1) is 10.5. The third kappa shape index (κ3) is 2.70. The average Bonchev–Trinajstić information content (AvgIpc) is 2.14. The molecule has 0 atom stereocenters. The predicted molar refractivity (Wildman–Crippen MR) is 49.6 cm³/mol.